The molecule has 0 saturated carbocycles. The topological polar surface area (TPSA) is 92.4 Å². The number of rotatable bonds is 4. The molecule has 0 aliphatic heterocycles. The number of nitrogens with one attached hydrogen (secondary N) is 1. The van der Waals surface area contributed by atoms with Crippen LogP contribution >= 0.6 is 0 Å². The van der Waals surface area contributed by atoms with E-state index in [2.05, 4.69) is 5.32 Å². The minimum atomic E-state index is -1.05. The van der Waals surface area contributed by atoms with Gasteiger partial charge in [0.15, 0.2) is 0 Å². The molecule has 0 rings (SSSR count). The third-order valence-corrected chi connectivity index (χ3v) is 1.80. The maximum Gasteiger partial charge on any atom is 0.326 e. The average molecular weight is 202 g/mol. The van der Waals surface area contributed by atoms with Crippen LogP contribution in [0, 0.1) is 5.92 Å². The van der Waals surface area contributed by atoms with E-state index in [1.54, 1.807) is 13.8 Å². The smallest absolute Gasteiger partial charge is 0.326 e. The second-order valence-electron chi connectivity index (χ2n) is 4.26. The van der Waals surface area contributed by atoms with Crippen molar-refractivity contribution in [2.75, 3.05) is 0 Å². The zero-order chi connectivity index (χ0) is 11.5. The van der Waals surface area contributed by atoms with E-state index in [4.69, 9.17) is 10.8 Å². The van der Waals surface area contributed by atoms with Crippen LogP contribution in [0.25, 0.3) is 0 Å². The number of carboxylic acid groups (broad SMARTS) is 1. The SMILES string of the molecule is CC(C)[C@H](NC(=O)C(C)(C)N)C(=O)O. The molecule has 0 fully saturated rings. The standard InChI is InChI=1S/C9H18N2O3/c1-5(2)6(7(12)13)11-8(14)9(3,4)10/h5-6H,10H2,1-4H3,(H,11,14)(H,12,13)/t6-/m0/s1. The van der Waals surface area contributed by atoms with Gasteiger partial charge in [-0.1, -0.05) is 13.8 Å². The van der Waals surface area contributed by atoms with Gasteiger partial charge in [-0.25, -0.2) is 4.79 Å². The third kappa shape index (κ3) is 3.74. The van der Waals surface area contributed by atoms with E-state index in [1.165, 1.54) is 13.8 Å². The highest BCUT2D eigenvalue weighted by molar-refractivity contribution is 5.89. The zero-order valence-electron chi connectivity index (χ0n) is 9.00. The van der Waals surface area contributed by atoms with Gasteiger partial charge in [0.25, 0.3) is 0 Å². The van der Waals surface area contributed by atoms with Crippen LogP contribution in [0.15, 0.2) is 0 Å². The highest BCUT2D eigenvalue weighted by atomic mass is 16.4. The van der Waals surface area contributed by atoms with Gasteiger partial charge in [0.2, 0.25) is 5.91 Å². The summed E-state index contributed by atoms with van der Waals surface area (Å²) < 4.78 is 0. The monoisotopic (exact) mass is 202 g/mol. The fourth-order valence-electron chi connectivity index (χ4n) is 0.841. The van der Waals surface area contributed by atoms with Gasteiger partial charge < -0.3 is 16.2 Å². The Morgan fingerprint density at radius 2 is 1.79 bits per heavy atom. The average Bonchev–Trinajstić information content (AvgIpc) is 1.96. The molecule has 0 aliphatic rings. The fraction of sp³-hybridized carbons (Fsp3) is 0.778. The van der Waals surface area contributed by atoms with Gasteiger partial charge in [0.1, 0.15) is 6.04 Å². The molecule has 14 heavy (non-hydrogen) atoms. The van der Waals surface area contributed by atoms with Crippen molar-refractivity contribution in [1.82, 2.24) is 5.32 Å². The number of hydrogen-bond donors (Lipinski definition) is 3. The van der Waals surface area contributed by atoms with Crippen molar-refractivity contribution in [3.8, 4) is 0 Å². The summed E-state index contributed by atoms with van der Waals surface area (Å²) in [7, 11) is 0. The molecule has 0 bridgehead atoms. The van der Waals surface area contributed by atoms with E-state index in [9.17, 15) is 9.59 Å². The molecule has 82 valence electrons. The Kier molecular flexibility index (Phi) is 4.07. The Hall–Kier alpha value is -1.10. The zero-order valence-corrected chi connectivity index (χ0v) is 9.00. The Morgan fingerprint density at radius 1 is 1.36 bits per heavy atom. The molecule has 0 aromatic rings. The van der Waals surface area contributed by atoms with Crippen LogP contribution in [0.4, 0.5) is 0 Å². The van der Waals surface area contributed by atoms with E-state index in [0.717, 1.165) is 0 Å². The van der Waals surface area contributed by atoms with Crippen molar-refractivity contribution in [3.05, 3.63) is 0 Å². The first kappa shape index (κ1) is 12.9. The molecule has 0 spiro atoms. The van der Waals surface area contributed by atoms with Gasteiger partial charge in [-0.3, -0.25) is 4.79 Å². The van der Waals surface area contributed by atoms with Crippen molar-refractivity contribution >= 4 is 11.9 Å². The third-order valence-electron chi connectivity index (χ3n) is 1.80. The number of hydrogen-bond acceptors (Lipinski definition) is 3. The lowest BCUT2D eigenvalue weighted by Crippen LogP contribution is -2.55. The summed E-state index contributed by atoms with van der Waals surface area (Å²) in [4.78, 5) is 22.1. The molecule has 5 nitrogen and oxygen atoms in total. The minimum absolute atomic E-state index is 0.168. The maximum absolute atomic E-state index is 11.4. The summed E-state index contributed by atoms with van der Waals surface area (Å²) in [5, 5.41) is 11.2. The molecule has 4 N–H and O–H groups in total. The van der Waals surface area contributed by atoms with Crippen LogP contribution in [0.1, 0.15) is 27.7 Å². The van der Waals surface area contributed by atoms with E-state index in [0.29, 0.717) is 0 Å². The van der Waals surface area contributed by atoms with Crippen LogP contribution in [-0.2, 0) is 9.59 Å². The molecule has 1 atom stereocenters. The molecule has 0 unspecified atom stereocenters. The molecular formula is C9H18N2O3. The number of amides is 1. The van der Waals surface area contributed by atoms with Crippen LogP contribution in [-0.4, -0.2) is 28.6 Å². The Morgan fingerprint density at radius 3 is 2.00 bits per heavy atom. The minimum Gasteiger partial charge on any atom is -0.480 e. The quantitative estimate of drug-likeness (QED) is 0.596. The Labute approximate surface area is 83.7 Å². The van der Waals surface area contributed by atoms with Gasteiger partial charge in [0, 0.05) is 0 Å². The molecule has 0 aliphatic carbocycles. The molecule has 1 amide bonds. The van der Waals surface area contributed by atoms with Gasteiger partial charge in [-0.15, -0.1) is 0 Å². The lowest BCUT2D eigenvalue weighted by Gasteiger charge is -2.23. The van der Waals surface area contributed by atoms with Gasteiger partial charge in [-0.2, -0.15) is 0 Å². The number of aliphatic carboxylic acids is 1. The van der Waals surface area contributed by atoms with Gasteiger partial charge in [-0.05, 0) is 19.8 Å². The highest BCUT2D eigenvalue weighted by Crippen LogP contribution is 2.04. The predicted molar refractivity (Wildman–Crippen MR) is 52.7 cm³/mol. The highest BCUT2D eigenvalue weighted by Gasteiger charge is 2.29. The summed E-state index contributed by atoms with van der Waals surface area (Å²) in [6.45, 7) is 6.51. The first-order valence-electron chi connectivity index (χ1n) is 4.49. The largest absolute Gasteiger partial charge is 0.480 e. The van der Waals surface area contributed by atoms with Gasteiger partial charge in [0.05, 0.1) is 5.54 Å². The second-order valence-corrected chi connectivity index (χ2v) is 4.26. The summed E-state index contributed by atoms with van der Waals surface area (Å²) >= 11 is 0. The van der Waals surface area contributed by atoms with Crippen LogP contribution in [0.5, 0.6) is 0 Å². The fourth-order valence-corrected chi connectivity index (χ4v) is 0.841. The van der Waals surface area contributed by atoms with Crippen molar-refractivity contribution in [1.29, 1.82) is 0 Å². The van der Waals surface area contributed by atoms with Crippen LogP contribution in [0.3, 0.4) is 0 Å². The number of nitrogens with two attached hydrogens (primary N) is 1. The second kappa shape index (κ2) is 4.41. The lowest BCUT2D eigenvalue weighted by atomic mass is 10.0. The summed E-state index contributed by atoms with van der Waals surface area (Å²) in [6.07, 6.45) is 0. The molecule has 0 saturated heterocycles. The molecule has 5 heteroatoms. The van der Waals surface area contributed by atoms with E-state index >= 15 is 0 Å². The summed E-state index contributed by atoms with van der Waals surface area (Å²) in [5.74, 6) is -1.67. The summed E-state index contributed by atoms with van der Waals surface area (Å²) in [6, 6.07) is -0.884. The molecule has 0 heterocycles. The van der Waals surface area contributed by atoms with E-state index < -0.39 is 23.5 Å². The molecular weight excluding hydrogens is 184 g/mol. The lowest BCUT2D eigenvalue weighted by molar-refractivity contribution is -0.143. The van der Waals surface area contributed by atoms with Crippen molar-refractivity contribution in [2.24, 2.45) is 11.7 Å². The summed E-state index contributed by atoms with van der Waals surface area (Å²) in [5.41, 5.74) is 4.47. The number of carbonyl (C=O) groups is 2. The normalized spacial score (nSPS) is 13.9. The number of carboxylic acids is 1. The van der Waals surface area contributed by atoms with Gasteiger partial charge >= 0.3 is 5.97 Å². The predicted octanol–water partition coefficient (Wildman–Crippen LogP) is -0.0509. The molecule has 0 aromatic carbocycles. The Bertz CT molecular complexity index is 231. The molecule has 0 aromatic heterocycles. The van der Waals surface area contributed by atoms with E-state index in [1.807, 2.05) is 0 Å². The number of carbonyl (C=O) groups excluding carboxylic acids is 1. The first-order valence-corrected chi connectivity index (χ1v) is 4.49. The van der Waals surface area contributed by atoms with Crippen LogP contribution < -0.4 is 11.1 Å². The van der Waals surface area contributed by atoms with Crippen LogP contribution in [0.2, 0.25) is 0 Å². The van der Waals surface area contributed by atoms with E-state index in [-0.39, 0.29) is 5.92 Å². The molecule has 0 radical (unpaired) electrons. The van der Waals surface area contributed by atoms with Crippen molar-refractivity contribution < 1.29 is 14.7 Å². The maximum atomic E-state index is 11.4. The van der Waals surface area contributed by atoms with Crippen molar-refractivity contribution in [2.45, 2.75) is 39.3 Å². The Balaban J connectivity index is 4.48. The first-order chi connectivity index (χ1) is 6.16. The van der Waals surface area contributed by atoms with Crippen molar-refractivity contribution in [3.63, 3.8) is 0 Å².